The number of ether oxygens (including phenoxy) is 1. The Bertz CT molecular complexity index is 568. The van der Waals surface area contributed by atoms with Crippen molar-refractivity contribution >= 4 is 11.0 Å². The molecule has 1 N–H and O–H groups in total. The Hall–Kier alpha value is -1.55. The Morgan fingerprint density at radius 3 is 3.19 bits per heavy atom. The number of aromatic nitrogens is 2. The van der Waals surface area contributed by atoms with Gasteiger partial charge in [0.25, 0.3) is 0 Å². The van der Waals surface area contributed by atoms with Gasteiger partial charge in [-0.3, -0.25) is 4.57 Å². The Balaban J connectivity index is 2.28. The molecule has 0 fully saturated rings. The Labute approximate surface area is 92.8 Å². The molecule has 3 rings (SSSR count). The van der Waals surface area contributed by atoms with Gasteiger partial charge in [-0.05, 0) is 18.9 Å². The lowest BCUT2D eigenvalue weighted by atomic mass is 10.2. The molecular formula is C12H14N2O2. The minimum atomic E-state index is -0.00986. The highest BCUT2D eigenvalue weighted by molar-refractivity contribution is 5.78. The number of imidazole rings is 1. The summed E-state index contributed by atoms with van der Waals surface area (Å²) in [5.41, 5.74) is 3.00. The van der Waals surface area contributed by atoms with E-state index in [0.29, 0.717) is 6.61 Å². The number of rotatable bonds is 0. The number of hydrogen-bond acceptors (Lipinski definition) is 2. The van der Waals surface area contributed by atoms with E-state index in [1.165, 1.54) is 0 Å². The second kappa shape index (κ2) is 3.79. The van der Waals surface area contributed by atoms with Crippen LogP contribution in [0.4, 0.5) is 0 Å². The van der Waals surface area contributed by atoms with Crippen molar-refractivity contribution in [1.29, 1.82) is 0 Å². The lowest BCUT2D eigenvalue weighted by molar-refractivity contribution is 0.118. The number of nitrogens with zero attached hydrogens (tertiary/aromatic N) is 1. The molecule has 1 aromatic heterocycles. The van der Waals surface area contributed by atoms with Crippen LogP contribution in [-0.2, 0) is 17.9 Å². The van der Waals surface area contributed by atoms with Crippen molar-refractivity contribution in [2.45, 2.75) is 26.0 Å². The van der Waals surface area contributed by atoms with Crippen molar-refractivity contribution in [2.75, 3.05) is 6.61 Å². The van der Waals surface area contributed by atoms with Crippen LogP contribution in [0.2, 0.25) is 0 Å². The zero-order chi connectivity index (χ0) is 11.0. The van der Waals surface area contributed by atoms with Gasteiger partial charge in [0.15, 0.2) is 0 Å². The van der Waals surface area contributed by atoms with Crippen LogP contribution in [-0.4, -0.2) is 16.2 Å². The van der Waals surface area contributed by atoms with Crippen LogP contribution in [0.15, 0.2) is 23.0 Å². The molecule has 4 heteroatoms. The smallest absolute Gasteiger partial charge is 0.326 e. The summed E-state index contributed by atoms with van der Waals surface area (Å²) in [6.45, 7) is 2.15. The van der Waals surface area contributed by atoms with Gasteiger partial charge in [0.2, 0.25) is 0 Å². The lowest BCUT2D eigenvalue weighted by Crippen LogP contribution is -2.17. The second-order valence-electron chi connectivity index (χ2n) is 4.15. The van der Waals surface area contributed by atoms with Crippen LogP contribution in [0.3, 0.4) is 0 Å². The SMILES string of the molecule is O=c1[nH]c2cccc3c2n1CCCCOC3. The summed E-state index contributed by atoms with van der Waals surface area (Å²) in [6.07, 6.45) is 1.99. The molecule has 0 bridgehead atoms. The quantitative estimate of drug-likeness (QED) is 0.730. The number of aromatic amines is 1. The molecule has 4 nitrogen and oxygen atoms in total. The molecular weight excluding hydrogens is 204 g/mol. The first-order chi connectivity index (χ1) is 7.86. The molecule has 0 atom stereocenters. The van der Waals surface area contributed by atoms with Crippen molar-refractivity contribution in [2.24, 2.45) is 0 Å². The van der Waals surface area contributed by atoms with Gasteiger partial charge in [-0.1, -0.05) is 12.1 Å². The van der Waals surface area contributed by atoms with Gasteiger partial charge >= 0.3 is 5.69 Å². The van der Waals surface area contributed by atoms with E-state index < -0.39 is 0 Å². The Morgan fingerprint density at radius 1 is 1.31 bits per heavy atom. The molecule has 0 amide bonds. The first kappa shape index (κ1) is 9.66. The minimum absolute atomic E-state index is 0.00986. The van der Waals surface area contributed by atoms with E-state index in [4.69, 9.17) is 4.74 Å². The molecule has 0 saturated heterocycles. The Morgan fingerprint density at radius 2 is 2.25 bits per heavy atom. The molecule has 0 radical (unpaired) electrons. The molecule has 0 saturated carbocycles. The maximum atomic E-state index is 11.8. The van der Waals surface area contributed by atoms with Gasteiger partial charge in [-0.2, -0.15) is 0 Å². The largest absolute Gasteiger partial charge is 0.377 e. The van der Waals surface area contributed by atoms with Crippen molar-refractivity contribution in [3.05, 3.63) is 34.2 Å². The molecule has 84 valence electrons. The van der Waals surface area contributed by atoms with Gasteiger partial charge in [0, 0.05) is 18.7 Å². The summed E-state index contributed by atoms with van der Waals surface area (Å²) >= 11 is 0. The molecule has 0 spiro atoms. The van der Waals surface area contributed by atoms with Crippen LogP contribution in [0.5, 0.6) is 0 Å². The van der Waals surface area contributed by atoms with E-state index >= 15 is 0 Å². The maximum absolute atomic E-state index is 11.8. The minimum Gasteiger partial charge on any atom is -0.377 e. The fourth-order valence-corrected chi connectivity index (χ4v) is 2.28. The first-order valence-corrected chi connectivity index (χ1v) is 5.64. The summed E-state index contributed by atoms with van der Waals surface area (Å²) < 4.78 is 7.41. The average Bonchev–Trinajstić information content (AvgIpc) is 2.64. The predicted octanol–water partition coefficient (Wildman–Crippen LogP) is 1.64. The standard InChI is InChI=1S/C12H14N2O2/c15-12-13-10-5-3-4-9-8-16-7-2-1-6-14(12)11(9)10/h3-5H,1-2,6-8H2,(H,13,15). The molecule has 16 heavy (non-hydrogen) atoms. The first-order valence-electron chi connectivity index (χ1n) is 5.64. The summed E-state index contributed by atoms with van der Waals surface area (Å²) in [5, 5.41) is 0. The highest BCUT2D eigenvalue weighted by Crippen LogP contribution is 2.18. The van der Waals surface area contributed by atoms with Crippen LogP contribution in [0.25, 0.3) is 11.0 Å². The summed E-state index contributed by atoms with van der Waals surface area (Å²) in [6, 6.07) is 5.92. The molecule has 1 aliphatic heterocycles. The van der Waals surface area contributed by atoms with E-state index in [9.17, 15) is 4.79 Å². The third-order valence-corrected chi connectivity index (χ3v) is 3.05. The fraction of sp³-hybridized carbons (Fsp3) is 0.417. The molecule has 2 aromatic rings. The molecule has 2 heterocycles. The van der Waals surface area contributed by atoms with Crippen LogP contribution < -0.4 is 5.69 Å². The van der Waals surface area contributed by atoms with E-state index in [-0.39, 0.29) is 5.69 Å². The van der Waals surface area contributed by atoms with Crippen molar-refractivity contribution < 1.29 is 4.74 Å². The van der Waals surface area contributed by atoms with Gasteiger partial charge in [0.1, 0.15) is 0 Å². The van der Waals surface area contributed by atoms with Gasteiger partial charge in [0.05, 0.1) is 17.6 Å². The monoisotopic (exact) mass is 218 g/mol. The van der Waals surface area contributed by atoms with Crippen LogP contribution >= 0.6 is 0 Å². The highest BCUT2D eigenvalue weighted by Gasteiger charge is 2.12. The molecule has 1 aromatic carbocycles. The van der Waals surface area contributed by atoms with E-state index in [1.807, 2.05) is 22.8 Å². The van der Waals surface area contributed by atoms with E-state index in [2.05, 4.69) is 4.98 Å². The topological polar surface area (TPSA) is 47.0 Å². The number of para-hydroxylation sites is 1. The second-order valence-corrected chi connectivity index (χ2v) is 4.15. The summed E-state index contributed by atoms with van der Waals surface area (Å²) in [7, 11) is 0. The zero-order valence-electron chi connectivity index (χ0n) is 9.03. The molecule has 1 aliphatic rings. The summed E-state index contributed by atoms with van der Waals surface area (Å²) in [4.78, 5) is 14.7. The highest BCUT2D eigenvalue weighted by atomic mass is 16.5. The number of aryl methyl sites for hydroxylation is 1. The molecule has 0 aliphatic carbocycles. The third kappa shape index (κ3) is 1.46. The van der Waals surface area contributed by atoms with Gasteiger partial charge in [-0.15, -0.1) is 0 Å². The normalized spacial score (nSPS) is 16.8. The molecule has 0 unspecified atom stereocenters. The van der Waals surface area contributed by atoms with Crippen molar-refractivity contribution in [3.8, 4) is 0 Å². The number of nitrogens with one attached hydrogen (secondary N) is 1. The van der Waals surface area contributed by atoms with Crippen LogP contribution in [0.1, 0.15) is 18.4 Å². The lowest BCUT2D eigenvalue weighted by Gasteiger charge is -2.04. The third-order valence-electron chi connectivity index (χ3n) is 3.05. The number of benzene rings is 1. The predicted molar refractivity (Wildman–Crippen MR) is 61.4 cm³/mol. The maximum Gasteiger partial charge on any atom is 0.326 e. The average molecular weight is 218 g/mol. The van der Waals surface area contributed by atoms with E-state index in [0.717, 1.165) is 42.6 Å². The Kier molecular flexibility index (Phi) is 2.29. The van der Waals surface area contributed by atoms with Crippen molar-refractivity contribution in [3.63, 3.8) is 0 Å². The summed E-state index contributed by atoms with van der Waals surface area (Å²) in [5.74, 6) is 0. The fourth-order valence-electron chi connectivity index (χ4n) is 2.28. The number of hydrogen-bond donors (Lipinski definition) is 1. The van der Waals surface area contributed by atoms with Crippen LogP contribution in [0, 0.1) is 0 Å². The zero-order valence-corrected chi connectivity index (χ0v) is 9.03. The van der Waals surface area contributed by atoms with Crippen molar-refractivity contribution in [1.82, 2.24) is 9.55 Å². The number of H-pyrrole nitrogens is 1. The van der Waals surface area contributed by atoms with E-state index in [1.54, 1.807) is 0 Å². The van der Waals surface area contributed by atoms with Gasteiger partial charge in [-0.25, -0.2) is 4.79 Å². The van der Waals surface area contributed by atoms with Gasteiger partial charge < -0.3 is 9.72 Å².